The van der Waals surface area contributed by atoms with Crippen LogP contribution in [-0.2, 0) is 33.3 Å². The molecule has 0 saturated carbocycles. The van der Waals surface area contributed by atoms with Gasteiger partial charge in [-0.25, -0.2) is 4.79 Å². The molecule has 2 unspecified atom stereocenters. The average molecular weight is 819 g/mol. The maximum Gasteiger partial charge on any atom is 0.361 e. The molecule has 58 heavy (non-hydrogen) atoms. The van der Waals surface area contributed by atoms with E-state index in [0.29, 0.717) is 23.9 Å². The number of allylic oxidation sites excluding steroid dienone is 8. The first-order valence-corrected chi connectivity index (χ1v) is 23.3. The Morgan fingerprint density at radius 2 is 0.983 bits per heavy atom. The van der Waals surface area contributed by atoms with Crippen molar-refractivity contribution in [2.75, 3.05) is 47.5 Å². The zero-order valence-electron chi connectivity index (χ0n) is 37.9. The third-order valence-corrected chi connectivity index (χ3v) is 9.82. The van der Waals surface area contributed by atoms with E-state index in [0.717, 1.165) is 70.6 Å². The van der Waals surface area contributed by atoms with Crippen molar-refractivity contribution in [1.82, 2.24) is 0 Å². The molecule has 0 radical (unpaired) electrons. The van der Waals surface area contributed by atoms with E-state index in [9.17, 15) is 19.5 Å². The minimum absolute atomic E-state index is 0.182. The minimum atomic E-state index is -1.51. The average Bonchev–Trinajstić information content (AvgIpc) is 3.18. The first-order chi connectivity index (χ1) is 28.1. The van der Waals surface area contributed by atoms with Crippen LogP contribution in [0.5, 0.6) is 0 Å². The standard InChI is InChI=1S/C49H87NO8/c1-6-8-10-12-14-16-18-20-22-23-24-26-27-29-31-33-35-37-39-46(51)56-43-45(44-57-49(48(53)54)55-42-41-50(3,4)5)58-47(52)40-38-36-34-32-30-28-25-21-19-17-15-13-11-9-7-2/h9,11,15,17,21-23,25,45,49H,6-8,10,12-14,16,18-20,24,26-44H2,1-5H3/p+1/b11-9-,17-15-,23-22-,25-21-. The smallest absolute Gasteiger partial charge is 0.361 e. The highest BCUT2D eigenvalue weighted by atomic mass is 16.7. The van der Waals surface area contributed by atoms with Crippen molar-refractivity contribution in [3.63, 3.8) is 0 Å². The quantitative estimate of drug-likeness (QED) is 0.0213. The molecule has 0 rings (SSSR count). The molecule has 336 valence electrons. The third-order valence-electron chi connectivity index (χ3n) is 9.82. The minimum Gasteiger partial charge on any atom is -0.477 e. The number of carboxylic acids is 1. The molecule has 1 N–H and O–H groups in total. The first kappa shape index (κ1) is 55.2. The van der Waals surface area contributed by atoms with Gasteiger partial charge in [0.2, 0.25) is 0 Å². The van der Waals surface area contributed by atoms with E-state index in [1.807, 2.05) is 21.1 Å². The molecule has 0 aromatic carbocycles. The Bertz CT molecular complexity index is 1090. The molecule has 0 aliphatic carbocycles. The van der Waals surface area contributed by atoms with Gasteiger partial charge in [-0.1, -0.05) is 152 Å². The number of carbonyl (C=O) groups excluding carboxylic acids is 2. The van der Waals surface area contributed by atoms with Crippen LogP contribution in [0.2, 0.25) is 0 Å². The summed E-state index contributed by atoms with van der Waals surface area (Å²) >= 11 is 0. The maximum atomic E-state index is 12.8. The highest BCUT2D eigenvalue weighted by Gasteiger charge is 2.25. The number of unbranched alkanes of at least 4 members (excludes halogenated alkanes) is 19. The van der Waals surface area contributed by atoms with Crippen LogP contribution in [0.25, 0.3) is 0 Å². The fraction of sp³-hybridized carbons (Fsp3) is 0.776. The second-order valence-corrected chi connectivity index (χ2v) is 16.7. The molecule has 2 atom stereocenters. The van der Waals surface area contributed by atoms with Gasteiger partial charge in [-0.15, -0.1) is 0 Å². The van der Waals surface area contributed by atoms with E-state index in [4.69, 9.17) is 18.9 Å². The Morgan fingerprint density at radius 3 is 1.48 bits per heavy atom. The summed E-state index contributed by atoms with van der Waals surface area (Å²) in [4.78, 5) is 37.1. The monoisotopic (exact) mass is 819 g/mol. The SMILES string of the molecule is CC/C=C\C/C=C\C/C=C\CCCCCCCC(=O)OC(COC(=O)CCCCCCCCC/C=C\CCCCCCCCC)COC(OCC[N+](C)(C)C)C(=O)O. The lowest BCUT2D eigenvalue weighted by atomic mass is 10.1. The molecular weight excluding hydrogens is 731 g/mol. The summed E-state index contributed by atoms with van der Waals surface area (Å²) in [7, 11) is 5.94. The fourth-order valence-electron chi connectivity index (χ4n) is 6.20. The van der Waals surface area contributed by atoms with Crippen LogP contribution >= 0.6 is 0 Å². The zero-order valence-corrected chi connectivity index (χ0v) is 37.9. The van der Waals surface area contributed by atoms with Crippen LogP contribution in [0.4, 0.5) is 0 Å². The van der Waals surface area contributed by atoms with Gasteiger partial charge >= 0.3 is 17.9 Å². The predicted molar refractivity (Wildman–Crippen MR) is 240 cm³/mol. The second kappa shape index (κ2) is 41.0. The normalized spacial score (nSPS) is 13.3. The van der Waals surface area contributed by atoms with Crippen LogP contribution < -0.4 is 0 Å². The van der Waals surface area contributed by atoms with Crippen molar-refractivity contribution in [3.8, 4) is 0 Å². The van der Waals surface area contributed by atoms with Crippen molar-refractivity contribution < 1.29 is 42.9 Å². The molecule has 9 nitrogen and oxygen atoms in total. The number of carbonyl (C=O) groups is 3. The van der Waals surface area contributed by atoms with Gasteiger partial charge in [-0.05, 0) is 70.6 Å². The van der Waals surface area contributed by atoms with Crippen molar-refractivity contribution in [2.45, 2.75) is 200 Å². The van der Waals surface area contributed by atoms with Gasteiger partial charge in [-0.2, -0.15) is 0 Å². The highest BCUT2D eigenvalue weighted by Crippen LogP contribution is 2.14. The first-order valence-electron chi connectivity index (χ1n) is 23.3. The van der Waals surface area contributed by atoms with E-state index >= 15 is 0 Å². The summed E-state index contributed by atoms with van der Waals surface area (Å²) in [5.74, 6) is -2.04. The van der Waals surface area contributed by atoms with E-state index in [-0.39, 0.29) is 32.2 Å². The second-order valence-electron chi connectivity index (χ2n) is 16.7. The van der Waals surface area contributed by atoms with E-state index < -0.39 is 24.3 Å². The number of aliphatic carboxylic acids is 1. The molecular formula is C49H88NO8+. The van der Waals surface area contributed by atoms with Crippen LogP contribution in [0, 0.1) is 0 Å². The van der Waals surface area contributed by atoms with Gasteiger partial charge in [-0.3, -0.25) is 9.59 Å². The fourth-order valence-corrected chi connectivity index (χ4v) is 6.20. The van der Waals surface area contributed by atoms with E-state index in [1.54, 1.807) is 0 Å². The summed E-state index contributed by atoms with van der Waals surface area (Å²) in [5, 5.41) is 9.64. The number of ether oxygens (including phenoxy) is 4. The van der Waals surface area contributed by atoms with Crippen molar-refractivity contribution in [1.29, 1.82) is 0 Å². The maximum absolute atomic E-state index is 12.8. The summed E-state index contributed by atoms with van der Waals surface area (Å²) < 4.78 is 22.7. The van der Waals surface area contributed by atoms with E-state index in [1.165, 1.54) is 83.5 Å². The highest BCUT2D eigenvalue weighted by molar-refractivity contribution is 5.71. The molecule has 0 aliphatic heterocycles. The molecule has 0 heterocycles. The lowest BCUT2D eigenvalue weighted by Crippen LogP contribution is -2.40. The van der Waals surface area contributed by atoms with Crippen molar-refractivity contribution in [3.05, 3.63) is 48.6 Å². The van der Waals surface area contributed by atoms with Gasteiger partial charge in [0.15, 0.2) is 6.10 Å². The number of esters is 2. The van der Waals surface area contributed by atoms with Crippen LogP contribution in [0.15, 0.2) is 48.6 Å². The lowest BCUT2D eigenvalue weighted by Gasteiger charge is -2.25. The molecule has 0 amide bonds. The summed E-state index contributed by atoms with van der Waals surface area (Å²) in [6.45, 7) is 4.73. The number of rotatable bonds is 42. The Kier molecular flexibility index (Phi) is 39.1. The molecule has 0 aliphatic rings. The van der Waals surface area contributed by atoms with Gasteiger partial charge < -0.3 is 28.5 Å². The van der Waals surface area contributed by atoms with Crippen LogP contribution in [0.3, 0.4) is 0 Å². The Hall–Kier alpha value is -2.75. The zero-order chi connectivity index (χ0) is 42.8. The molecule has 9 heteroatoms. The molecule has 0 fully saturated rings. The van der Waals surface area contributed by atoms with Crippen molar-refractivity contribution >= 4 is 17.9 Å². The van der Waals surface area contributed by atoms with Gasteiger partial charge in [0, 0.05) is 12.8 Å². The summed E-state index contributed by atoms with van der Waals surface area (Å²) in [6, 6.07) is 0. The van der Waals surface area contributed by atoms with Crippen LogP contribution in [-0.4, -0.2) is 87.4 Å². The molecule has 0 saturated heterocycles. The molecule has 0 aromatic rings. The van der Waals surface area contributed by atoms with Crippen LogP contribution in [0.1, 0.15) is 187 Å². The number of nitrogens with zero attached hydrogens (tertiary/aromatic N) is 1. The topological polar surface area (TPSA) is 108 Å². The Balaban J connectivity index is 4.43. The summed E-state index contributed by atoms with van der Waals surface area (Å²) in [6.07, 6.45) is 44.5. The number of hydrogen-bond donors (Lipinski definition) is 1. The Labute approximate surface area is 355 Å². The number of carboxylic acid groups (broad SMARTS) is 1. The molecule has 0 aromatic heterocycles. The van der Waals surface area contributed by atoms with Gasteiger partial charge in [0.1, 0.15) is 13.2 Å². The van der Waals surface area contributed by atoms with Gasteiger partial charge in [0.25, 0.3) is 6.29 Å². The lowest BCUT2D eigenvalue weighted by molar-refractivity contribution is -0.870. The third kappa shape index (κ3) is 41.4. The van der Waals surface area contributed by atoms with E-state index in [2.05, 4.69) is 62.5 Å². The molecule has 0 bridgehead atoms. The number of quaternary nitrogens is 1. The Morgan fingerprint density at radius 1 is 0.534 bits per heavy atom. The van der Waals surface area contributed by atoms with Gasteiger partial charge in [0.05, 0.1) is 34.4 Å². The largest absolute Gasteiger partial charge is 0.477 e. The molecule has 0 spiro atoms. The number of likely N-dealkylation sites (N-methyl/N-ethyl adjacent to an activating group) is 1. The predicted octanol–water partition coefficient (Wildman–Crippen LogP) is 12.4. The van der Waals surface area contributed by atoms with Crippen molar-refractivity contribution in [2.24, 2.45) is 0 Å². The summed E-state index contributed by atoms with van der Waals surface area (Å²) in [5.41, 5.74) is 0. The number of hydrogen-bond acceptors (Lipinski definition) is 7.